The van der Waals surface area contributed by atoms with Gasteiger partial charge in [0.05, 0.1) is 11.8 Å². The molecule has 0 saturated heterocycles. The Balaban J connectivity index is 1.55. The van der Waals surface area contributed by atoms with Crippen LogP contribution in [0, 0.1) is 17.8 Å². The quantitative estimate of drug-likeness (QED) is 0.526. The third-order valence-corrected chi connectivity index (χ3v) is 4.84. The molecule has 7 heteroatoms. The van der Waals surface area contributed by atoms with Crippen LogP contribution in [0.15, 0.2) is 47.3 Å². The molecule has 0 aliphatic heterocycles. The zero-order valence-corrected chi connectivity index (χ0v) is 15.7. The smallest absolute Gasteiger partial charge is 0.228 e. The molecule has 142 valence electrons. The highest BCUT2D eigenvalue weighted by Gasteiger charge is 2.29. The van der Waals surface area contributed by atoms with Crippen LogP contribution in [-0.4, -0.2) is 27.9 Å². The molecule has 4 heterocycles. The lowest BCUT2D eigenvalue weighted by molar-refractivity contribution is -0.117. The van der Waals surface area contributed by atoms with E-state index >= 15 is 0 Å². The van der Waals surface area contributed by atoms with Crippen LogP contribution in [0.3, 0.4) is 0 Å². The first-order valence-electron chi connectivity index (χ1n) is 9.35. The molecule has 0 radical (unpaired) electrons. The van der Waals surface area contributed by atoms with Crippen molar-refractivity contribution in [1.82, 2.24) is 15.0 Å². The van der Waals surface area contributed by atoms with Gasteiger partial charge in [-0.15, -0.1) is 0 Å². The van der Waals surface area contributed by atoms with Gasteiger partial charge in [0, 0.05) is 42.2 Å². The third-order valence-electron chi connectivity index (χ3n) is 4.84. The zero-order chi connectivity index (χ0) is 19.8. The van der Waals surface area contributed by atoms with E-state index in [-0.39, 0.29) is 11.8 Å². The van der Waals surface area contributed by atoms with Crippen molar-refractivity contribution in [3.8, 4) is 11.8 Å². The molecule has 4 aromatic heterocycles. The standard InChI is InChI=1S/C22H17N5O2/c1-23-21-17-12-24-20(27-22(28)13-2-3-13)10-16(17)14(11-25-21)4-5-15-6-7-19-18(26-15)8-9-29-19/h6-13H,2-3H2,1H3,(H,23,25)(H,24,27,28). The van der Waals surface area contributed by atoms with Crippen molar-refractivity contribution in [3.05, 3.63) is 54.2 Å². The summed E-state index contributed by atoms with van der Waals surface area (Å²) in [5.41, 5.74) is 2.86. The monoisotopic (exact) mass is 383 g/mol. The minimum Gasteiger partial charge on any atom is -0.463 e. The first-order valence-corrected chi connectivity index (χ1v) is 9.35. The summed E-state index contributed by atoms with van der Waals surface area (Å²) in [5, 5.41) is 7.66. The van der Waals surface area contributed by atoms with Crippen LogP contribution in [0.5, 0.6) is 0 Å². The van der Waals surface area contributed by atoms with Crippen LogP contribution < -0.4 is 10.6 Å². The normalized spacial score (nSPS) is 13.1. The number of hydrogen-bond acceptors (Lipinski definition) is 6. The van der Waals surface area contributed by atoms with E-state index in [1.54, 1.807) is 31.8 Å². The van der Waals surface area contributed by atoms with E-state index in [2.05, 4.69) is 37.4 Å². The fourth-order valence-electron chi connectivity index (χ4n) is 3.13. The molecule has 1 saturated carbocycles. The predicted octanol–water partition coefficient (Wildman–Crippen LogP) is 3.56. The highest BCUT2D eigenvalue weighted by Crippen LogP contribution is 2.31. The Kier molecular flexibility index (Phi) is 4.10. The summed E-state index contributed by atoms with van der Waals surface area (Å²) >= 11 is 0. The molecule has 1 aliphatic rings. The number of nitrogens with zero attached hydrogens (tertiary/aromatic N) is 3. The summed E-state index contributed by atoms with van der Waals surface area (Å²) in [6.45, 7) is 0. The maximum Gasteiger partial charge on any atom is 0.228 e. The maximum atomic E-state index is 12.1. The molecule has 1 aliphatic carbocycles. The number of nitrogens with one attached hydrogen (secondary N) is 2. The van der Waals surface area contributed by atoms with Crippen LogP contribution in [0.2, 0.25) is 0 Å². The number of furan rings is 1. The fraction of sp³-hybridized carbons (Fsp3) is 0.182. The van der Waals surface area contributed by atoms with Gasteiger partial charge >= 0.3 is 0 Å². The van der Waals surface area contributed by atoms with Gasteiger partial charge in [0.25, 0.3) is 0 Å². The largest absolute Gasteiger partial charge is 0.463 e. The summed E-state index contributed by atoms with van der Waals surface area (Å²) in [7, 11) is 1.81. The van der Waals surface area contributed by atoms with Crippen molar-refractivity contribution in [1.29, 1.82) is 0 Å². The van der Waals surface area contributed by atoms with Crippen molar-refractivity contribution in [3.63, 3.8) is 0 Å². The number of carbonyl (C=O) groups is 1. The first-order chi connectivity index (χ1) is 14.2. The van der Waals surface area contributed by atoms with Crippen LogP contribution in [0.4, 0.5) is 11.6 Å². The number of pyridine rings is 3. The lowest BCUT2D eigenvalue weighted by atomic mass is 10.1. The molecule has 5 rings (SSSR count). The summed E-state index contributed by atoms with van der Waals surface area (Å²) in [5.74, 6) is 7.60. The number of anilines is 2. The maximum absolute atomic E-state index is 12.1. The van der Waals surface area contributed by atoms with Gasteiger partial charge in [0.1, 0.15) is 22.8 Å². The Morgan fingerprint density at radius 2 is 2.03 bits per heavy atom. The van der Waals surface area contributed by atoms with Gasteiger partial charge in [-0.2, -0.15) is 0 Å². The summed E-state index contributed by atoms with van der Waals surface area (Å²) < 4.78 is 5.32. The molecule has 2 N–H and O–H groups in total. The van der Waals surface area contributed by atoms with Crippen LogP contribution in [0.1, 0.15) is 24.1 Å². The lowest BCUT2D eigenvalue weighted by Crippen LogP contribution is -2.14. The molecule has 0 unspecified atom stereocenters. The van der Waals surface area contributed by atoms with Gasteiger partial charge in [0.15, 0.2) is 5.58 Å². The van der Waals surface area contributed by atoms with E-state index in [1.165, 1.54) is 0 Å². The van der Waals surface area contributed by atoms with Gasteiger partial charge in [0.2, 0.25) is 5.91 Å². The van der Waals surface area contributed by atoms with Crippen molar-refractivity contribution in [2.24, 2.45) is 5.92 Å². The summed E-state index contributed by atoms with van der Waals surface area (Å²) in [6.07, 6.45) is 6.91. The molecule has 1 fully saturated rings. The number of fused-ring (bicyclic) bond motifs is 2. The highest BCUT2D eigenvalue weighted by atomic mass is 16.3. The van der Waals surface area contributed by atoms with E-state index in [9.17, 15) is 4.79 Å². The molecule has 4 aromatic rings. The van der Waals surface area contributed by atoms with E-state index < -0.39 is 0 Å². The van der Waals surface area contributed by atoms with E-state index in [0.717, 1.165) is 40.3 Å². The van der Waals surface area contributed by atoms with Gasteiger partial charge in [-0.05, 0) is 37.0 Å². The first kappa shape index (κ1) is 17.2. The summed E-state index contributed by atoms with van der Waals surface area (Å²) in [6, 6.07) is 7.32. The zero-order valence-electron chi connectivity index (χ0n) is 15.7. The van der Waals surface area contributed by atoms with Gasteiger partial charge in [-0.1, -0.05) is 5.92 Å². The SMILES string of the molecule is CNc1ncc(C#Cc2ccc3occc3n2)c2cc(NC(=O)C3CC3)ncc12. The minimum atomic E-state index is 0.0185. The molecule has 1 amide bonds. The Labute approximate surface area is 166 Å². The molecule has 0 bridgehead atoms. The Morgan fingerprint density at radius 1 is 1.14 bits per heavy atom. The topological polar surface area (TPSA) is 92.9 Å². The second kappa shape index (κ2) is 6.91. The van der Waals surface area contributed by atoms with Gasteiger partial charge < -0.3 is 15.1 Å². The average molecular weight is 383 g/mol. The van der Waals surface area contributed by atoms with Crippen molar-refractivity contribution >= 4 is 39.4 Å². The summed E-state index contributed by atoms with van der Waals surface area (Å²) in [4.78, 5) is 25.4. The van der Waals surface area contributed by atoms with E-state index in [1.807, 2.05) is 18.2 Å². The molecular formula is C22H17N5O2. The fourth-order valence-corrected chi connectivity index (χ4v) is 3.13. The van der Waals surface area contributed by atoms with E-state index in [4.69, 9.17) is 4.42 Å². The van der Waals surface area contributed by atoms with Crippen LogP contribution in [-0.2, 0) is 4.79 Å². The predicted molar refractivity (Wildman–Crippen MR) is 110 cm³/mol. The lowest BCUT2D eigenvalue weighted by Gasteiger charge is -2.09. The molecular weight excluding hydrogens is 366 g/mol. The number of carbonyl (C=O) groups excluding carboxylic acids is 1. The number of aromatic nitrogens is 3. The molecule has 7 nitrogen and oxygen atoms in total. The molecule has 0 spiro atoms. The van der Waals surface area contributed by atoms with Gasteiger partial charge in [-0.3, -0.25) is 4.79 Å². The molecule has 0 atom stereocenters. The van der Waals surface area contributed by atoms with Crippen molar-refractivity contribution in [2.45, 2.75) is 12.8 Å². The number of hydrogen-bond donors (Lipinski definition) is 2. The Morgan fingerprint density at radius 3 is 2.86 bits per heavy atom. The Bertz CT molecular complexity index is 1310. The highest BCUT2D eigenvalue weighted by molar-refractivity contribution is 5.99. The van der Waals surface area contributed by atoms with Crippen LogP contribution in [0.25, 0.3) is 21.9 Å². The van der Waals surface area contributed by atoms with Crippen molar-refractivity contribution in [2.75, 3.05) is 17.7 Å². The number of rotatable bonds is 3. The number of amides is 1. The van der Waals surface area contributed by atoms with Crippen LogP contribution >= 0.6 is 0 Å². The minimum absolute atomic E-state index is 0.0185. The second-order valence-electron chi connectivity index (χ2n) is 6.90. The van der Waals surface area contributed by atoms with E-state index in [0.29, 0.717) is 17.3 Å². The molecule has 29 heavy (non-hydrogen) atoms. The van der Waals surface area contributed by atoms with Crippen molar-refractivity contribution < 1.29 is 9.21 Å². The molecule has 0 aromatic carbocycles. The second-order valence-corrected chi connectivity index (χ2v) is 6.90. The Hall–Kier alpha value is -3.92. The average Bonchev–Trinajstić information content (AvgIpc) is 3.50. The third kappa shape index (κ3) is 3.36. The van der Waals surface area contributed by atoms with Gasteiger partial charge in [-0.25, -0.2) is 15.0 Å².